The molecule has 0 atom stereocenters. The zero-order chi connectivity index (χ0) is 19.9. The number of thiazole rings is 1. The van der Waals surface area contributed by atoms with Gasteiger partial charge in [0.2, 0.25) is 0 Å². The van der Waals surface area contributed by atoms with Crippen molar-refractivity contribution in [2.45, 2.75) is 20.0 Å². The van der Waals surface area contributed by atoms with E-state index in [0.29, 0.717) is 5.69 Å². The van der Waals surface area contributed by atoms with Gasteiger partial charge < -0.3 is 15.2 Å². The molecule has 0 saturated heterocycles. The Balaban J connectivity index is 1.52. The molecule has 144 valence electrons. The van der Waals surface area contributed by atoms with E-state index in [9.17, 15) is 9.59 Å². The molecular formula is C21H20N2O4S. The van der Waals surface area contributed by atoms with Gasteiger partial charge in [-0.3, -0.25) is 4.79 Å². The standard InChI is InChI=1S/C21H20N2O4S/c1-2-14-7-9-15(10-8-14)21-23-16(13-28-21)11-27-19(24)12-26-18-6-4-3-5-17(18)20(22)25/h3-10,13H,2,11-12H2,1H3,(H2,22,25). The van der Waals surface area contributed by atoms with Crippen molar-refractivity contribution in [2.24, 2.45) is 5.73 Å². The number of nitrogens with zero attached hydrogens (tertiary/aromatic N) is 1. The van der Waals surface area contributed by atoms with Crippen LogP contribution < -0.4 is 10.5 Å². The fourth-order valence-electron chi connectivity index (χ4n) is 2.52. The molecule has 0 bridgehead atoms. The highest BCUT2D eigenvalue weighted by Crippen LogP contribution is 2.24. The molecule has 0 saturated carbocycles. The Morgan fingerprint density at radius 2 is 1.86 bits per heavy atom. The van der Waals surface area contributed by atoms with Crippen molar-refractivity contribution >= 4 is 23.2 Å². The van der Waals surface area contributed by atoms with Crippen LogP contribution in [0.1, 0.15) is 28.5 Å². The SMILES string of the molecule is CCc1ccc(-c2nc(COC(=O)COc3ccccc3C(N)=O)cs2)cc1. The molecule has 0 radical (unpaired) electrons. The number of para-hydroxylation sites is 1. The van der Waals surface area contributed by atoms with Crippen LogP contribution in [-0.2, 0) is 22.6 Å². The first-order chi connectivity index (χ1) is 13.6. The molecule has 0 aliphatic carbocycles. The summed E-state index contributed by atoms with van der Waals surface area (Å²) >= 11 is 1.50. The van der Waals surface area contributed by atoms with Crippen molar-refractivity contribution in [1.82, 2.24) is 4.98 Å². The molecule has 28 heavy (non-hydrogen) atoms. The van der Waals surface area contributed by atoms with E-state index in [-0.39, 0.29) is 24.5 Å². The average Bonchev–Trinajstić information content (AvgIpc) is 3.20. The van der Waals surface area contributed by atoms with Gasteiger partial charge in [-0.1, -0.05) is 43.3 Å². The summed E-state index contributed by atoms with van der Waals surface area (Å²) in [7, 11) is 0. The maximum absolute atomic E-state index is 11.9. The van der Waals surface area contributed by atoms with Crippen LogP contribution in [0.2, 0.25) is 0 Å². The number of nitrogens with two attached hydrogens (primary N) is 1. The van der Waals surface area contributed by atoms with Crippen molar-refractivity contribution in [3.8, 4) is 16.3 Å². The number of rotatable bonds is 8. The number of esters is 1. The van der Waals surface area contributed by atoms with Crippen LogP contribution in [0.4, 0.5) is 0 Å². The monoisotopic (exact) mass is 396 g/mol. The van der Waals surface area contributed by atoms with Gasteiger partial charge in [0, 0.05) is 10.9 Å². The van der Waals surface area contributed by atoms with Crippen LogP contribution >= 0.6 is 11.3 Å². The molecule has 6 nitrogen and oxygen atoms in total. The fourth-order valence-corrected chi connectivity index (χ4v) is 3.33. The summed E-state index contributed by atoms with van der Waals surface area (Å²) in [6.07, 6.45) is 0.991. The quantitative estimate of drug-likeness (QED) is 0.588. The smallest absolute Gasteiger partial charge is 0.344 e. The van der Waals surface area contributed by atoms with Gasteiger partial charge in [0.05, 0.1) is 11.3 Å². The molecule has 0 aliphatic heterocycles. The lowest BCUT2D eigenvalue weighted by atomic mass is 10.1. The van der Waals surface area contributed by atoms with E-state index in [1.807, 2.05) is 17.5 Å². The molecule has 1 amide bonds. The van der Waals surface area contributed by atoms with Crippen molar-refractivity contribution in [1.29, 1.82) is 0 Å². The second kappa shape index (κ2) is 9.14. The third-order valence-electron chi connectivity index (χ3n) is 4.04. The number of carbonyl (C=O) groups is 2. The number of benzene rings is 2. The number of ether oxygens (including phenoxy) is 2. The topological polar surface area (TPSA) is 91.5 Å². The summed E-state index contributed by atoms with van der Waals surface area (Å²) in [6, 6.07) is 14.7. The van der Waals surface area contributed by atoms with E-state index in [1.165, 1.54) is 23.0 Å². The minimum Gasteiger partial charge on any atom is -0.481 e. The Morgan fingerprint density at radius 1 is 1.11 bits per heavy atom. The average molecular weight is 396 g/mol. The largest absolute Gasteiger partial charge is 0.481 e. The van der Waals surface area contributed by atoms with E-state index in [2.05, 4.69) is 24.0 Å². The van der Waals surface area contributed by atoms with Gasteiger partial charge in [-0.05, 0) is 24.1 Å². The lowest BCUT2D eigenvalue weighted by molar-refractivity contribution is -0.147. The zero-order valence-corrected chi connectivity index (χ0v) is 16.2. The van der Waals surface area contributed by atoms with Crippen LogP contribution in [0.25, 0.3) is 10.6 Å². The summed E-state index contributed by atoms with van der Waals surface area (Å²) in [4.78, 5) is 27.8. The van der Waals surface area contributed by atoms with Crippen molar-refractivity contribution in [3.05, 3.63) is 70.7 Å². The Hall–Kier alpha value is -3.19. The summed E-state index contributed by atoms with van der Waals surface area (Å²) < 4.78 is 10.6. The van der Waals surface area contributed by atoms with Gasteiger partial charge in [-0.15, -0.1) is 11.3 Å². The molecule has 0 fully saturated rings. The van der Waals surface area contributed by atoms with Gasteiger partial charge in [-0.25, -0.2) is 9.78 Å². The predicted octanol–water partition coefficient (Wildman–Crippen LogP) is 3.59. The van der Waals surface area contributed by atoms with Gasteiger partial charge in [0.25, 0.3) is 5.91 Å². The van der Waals surface area contributed by atoms with Crippen LogP contribution in [0.3, 0.4) is 0 Å². The third-order valence-corrected chi connectivity index (χ3v) is 4.98. The Labute approximate surface area is 166 Å². The van der Waals surface area contributed by atoms with E-state index in [1.54, 1.807) is 18.2 Å². The van der Waals surface area contributed by atoms with Gasteiger partial charge >= 0.3 is 5.97 Å². The Morgan fingerprint density at radius 3 is 2.57 bits per heavy atom. The van der Waals surface area contributed by atoms with E-state index < -0.39 is 11.9 Å². The van der Waals surface area contributed by atoms with Crippen LogP contribution in [0, 0.1) is 0 Å². The van der Waals surface area contributed by atoms with Crippen LogP contribution in [0.5, 0.6) is 5.75 Å². The number of primary amides is 1. The summed E-state index contributed by atoms with van der Waals surface area (Å²) in [6.45, 7) is 1.85. The van der Waals surface area contributed by atoms with E-state index in [4.69, 9.17) is 15.2 Å². The molecule has 0 unspecified atom stereocenters. The van der Waals surface area contributed by atoms with Crippen molar-refractivity contribution in [3.63, 3.8) is 0 Å². The molecule has 1 heterocycles. The van der Waals surface area contributed by atoms with Crippen LogP contribution in [-0.4, -0.2) is 23.5 Å². The van der Waals surface area contributed by atoms with Gasteiger partial charge in [0.1, 0.15) is 17.4 Å². The molecule has 0 spiro atoms. The molecule has 3 rings (SSSR count). The number of aromatic nitrogens is 1. The first-order valence-corrected chi connectivity index (χ1v) is 9.65. The summed E-state index contributed by atoms with van der Waals surface area (Å²) in [5, 5.41) is 2.74. The Kier molecular flexibility index (Phi) is 6.39. The van der Waals surface area contributed by atoms with Crippen molar-refractivity contribution < 1.29 is 19.1 Å². The number of carbonyl (C=O) groups excluding carboxylic acids is 2. The zero-order valence-electron chi connectivity index (χ0n) is 15.4. The summed E-state index contributed by atoms with van der Waals surface area (Å²) in [5.74, 6) is -0.925. The maximum atomic E-state index is 11.9. The highest BCUT2D eigenvalue weighted by molar-refractivity contribution is 7.13. The third kappa shape index (κ3) is 4.95. The normalized spacial score (nSPS) is 10.5. The molecule has 2 N–H and O–H groups in total. The second-order valence-electron chi connectivity index (χ2n) is 6.00. The lowest BCUT2D eigenvalue weighted by Crippen LogP contribution is -2.18. The maximum Gasteiger partial charge on any atom is 0.344 e. The molecule has 0 aliphatic rings. The first-order valence-electron chi connectivity index (χ1n) is 8.77. The van der Waals surface area contributed by atoms with E-state index in [0.717, 1.165) is 17.0 Å². The molecule has 2 aromatic carbocycles. The number of aryl methyl sites for hydroxylation is 1. The second-order valence-corrected chi connectivity index (χ2v) is 6.86. The first kappa shape index (κ1) is 19.6. The molecule has 7 heteroatoms. The number of hydrogen-bond donors (Lipinski definition) is 1. The minimum absolute atomic E-state index is 0.0587. The summed E-state index contributed by atoms with van der Waals surface area (Å²) in [5.41, 5.74) is 8.47. The highest BCUT2D eigenvalue weighted by atomic mass is 32.1. The van der Waals surface area contributed by atoms with E-state index >= 15 is 0 Å². The van der Waals surface area contributed by atoms with Crippen LogP contribution in [0.15, 0.2) is 53.9 Å². The van der Waals surface area contributed by atoms with Gasteiger partial charge in [0.15, 0.2) is 6.61 Å². The molecule has 1 aromatic heterocycles. The molecular weight excluding hydrogens is 376 g/mol. The Bertz CT molecular complexity index is 967. The number of amides is 1. The molecule has 3 aromatic rings. The van der Waals surface area contributed by atoms with Gasteiger partial charge in [-0.2, -0.15) is 0 Å². The highest BCUT2D eigenvalue weighted by Gasteiger charge is 2.12. The number of hydrogen-bond acceptors (Lipinski definition) is 6. The van der Waals surface area contributed by atoms with Crippen molar-refractivity contribution in [2.75, 3.05) is 6.61 Å². The predicted molar refractivity (Wildman–Crippen MR) is 107 cm³/mol. The minimum atomic E-state index is -0.620. The fraction of sp³-hybridized carbons (Fsp3) is 0.190. The lowest BCUT2D eigenvalue weighted by Gasteiger charge is -2.08.